The summed E-state index contributed by atoms with van der Waals surface area (Å²) in [6, 6.07) is 11.7. The van der Waals surface area contributed by atoms with E-state index in [0.717, 1.165) is 0 Å². The maximum atomic E-state index is 12.5. The molecule has 0 radical (unpaired) electrons. The lowest BCUT2D eigenvalue weighted by Gasteiger charge is -2.33. The van der Waals surface area contributed by atoms with E-state index in [1.54, 1.807) is 36.4 Å². The summed E-state index contributed by atoms with van der Waals surface area (Å²) in [6.07, 6.45) is -1.03. The smallest absolute Gasteiger partial charge is 0.349 e. The molecule has 0 spiro atoms. The van der Waals surface area contributed by atoms with E-state index in [1.165, 1.54) is 32.1 Å². The minimum atomic E-state index is -1.03. The fourth-order valence-corrected chi connectivity index (χ4v) is 2.99. The van der Waals surface area contributed by atoms with Crippen molar-refractivity contribution in [1.82, 2.24) is 0 Å². The van der Waals surface area contributed by atoms with Gasteiger partial charge in [0.1, 0.15) is 17.2 Å². The number of ketones is 1. The van der Waals surface area contributed by atoms with Crippen molar-refractivity contribution < 1.29 is 33.3 Å². The van der Waals surface area contributed by atoms with Crippen LogP contribution >= 0.6 is 0 Å². The summed E-state index contributed by atoms with van der Waals surface area (Å²) in [6.45, 7) is 0.912. The van der Waals surface area contributed by atoms with Crippen LogP contribution in [0.3, 0.4) is 0 Å². The van der Waals surface area contributed by atoms with Crippen LogP contribution in [0.25, 0.3) is 0 Å². The summed E-state index contributed by atoms with van der Waals surface area (Å²) in [5.41, 5.74) is 0.821. The molecule has 1 aliphatic heterocycles. The van der Waals surface area contributed by atoms with E-state index in [2.05, 4.69) is 0 Å². The lowest BCUT2D eigenvalue weighted by atomic mass is 10.1. The monoisotopic (exact) mass is 399 g/mol. The zero-order chi connectivity index (χ0) is 21.0. The highest BCUT2D eigenvalue weighted by Crippen LogP contribution is 2.33. The van der Waals surface area contributed by atoms with Gasteiger partial charge in [-0.15, -0.1) is 0 Å². The zero-order valence-electron chi connectivity index (χ0n) is 16.3. The Kier molecular flexibility index (Phi) is 6.01. The summed E-state index contributed by atoms with van der Waals surface area (Å²) >= 11 is 0. The molecule has 0 aliphatic carbocycles. The quantitative estimate of drug-likeness (QED) is 0.543. The molecule has 8 heteroatoms. The van der Waals surface area contributed by atoms with E-state index in [1.807, 2.05) is 0 Å². The molecule has 0 N–H and O–H groups in total. The molecule has 29 heavy (non-hydrogen) atoms. The number of para-hydroxylation sites is 2. The van der Waals surface area contributed by atoms with Crippen LogP contribution in [0, 0.1) is 0 Å². The van der Waals surface area contributed by atoms with Crippen LogP contribution < -0.4 is 19.1 Å². The van der Waals surface area contributed by atoms with Crippen molar-refractivity contribution in [3.8, 4) is 17.2 Å². The van der Waals surface area contributed by atoms with Gasteiger partial charge >= 0.3 is 5.97 Å². The van der Waals surface area contributed by atoms with Gasteiger partial charge in [0, 0.05) is 6.92 Å². The summed E-state index contributed by atoms with van der Waals surface area (Å²) < 4.78 is 21.1. The summed E-state index contributed by atoms with van der Waals surface area (Å²) in [5.74, 6) is -0.190. The van der Waals surface area contributed by atoms with Gasteiger partial charge < -0.3 is 23.8 Å². The minimum Gasteiger partial charge on any atom is -0.497 e. The summed E-state index contributed by atoms with van der Waals surface area (Å²) in [4.78, 5) is 38.4. The number of benzene rings is 2. The van der Waals surface area contributed by atoms with Crippen LogP contribution in [0.15, 0.2) is 42.5 Å². The van der Waals surface area contributed by atoms with Crippen molar-refractivity contribution in [1.29, 1.82) is 0 Å². The molecular formula is C21H21NO7. The van der Waals surface area contributed by atoms with Crippen molar-refractivity contribution in [2.75, 3.05) is 32.3 Å². The van der Waals surface area contributed by atoms with Crippen LogP contribution in [-0.2, 0) is 14.3 Å². The molecule has 8 nitrogen and oxygen atoms in total. The number of anilines is 1. The summed E-state index contributed by atoms with van der Waals surface area (Å²) in [7, 11) is 2.92. The number of hydrogen-bond donors (Lipinski definition) is 0. The fraction of sp³-hybridized carbons (Fsp3) is 0.286. The highest BCUT2D eigenvalue weighted by Gasteiger charge is 2.34. The number of amides is 1. The van der Waals surface area contributed by atoms with Crippen LogP contribution in [0.4, 0.5) is 5.69 Å². The van der Waals surface area contributed by atoms with Crippen molar-refractivity contribution in [2.45, 2.75) is 13.0 Å². The van der Waals surface area contributed by atoms with Gasteiger partial charge in [-0.2, -0.15) is 0 Å². The number of carbonyl (C=O) groups is 3. The summed E-state index contributed by atoms with van der Waals surface area (Å²) in [5, 5.41) is 0. The molecular weight excluding hydrogens is 378 g/mol. The molecule has 0 saturated heterocycles. The van der Waals surface area contributed by atoms with E-state index >= 15 is 0 Å². The number of nitrogens with zero attached hydrogens (tertiary/aromatic N) is 1. The van der Waals surface area contributed by atoms with E-state index in [-0.39, 0.29) is 18.0 Å². The molecule has 2 aromatic rings. The normalized spacial score (nSPS) is 15.0. The molecule has 0 unspecified atom stereocenters. The lowest BCUT2D eigenvalue weighted by Crippen LogP contribution is -2.47. The second-order valence-electron chi connectivity index (χ2n) is 6.30. The maximum absolute atomic E-state index is 12.5. The topological polar surface area (TPSA) is 91.4 Å². The van der Waals surface area contributed by atoms with Gasteiger partial charge in [0.25, 0.3) is 0 Å². The van der Waals surface area contributed by atoms with Gasteiger partial charge in [0.15, 0.2) is 6.61 Å². The molecule has 1 atom stereocenters. The first kappa shape index (κ1) is 20.2. The molecule has 1 amide bonds. The molecule has 1 heterocycles. The van der Waals surface area contributed by atoms with E-state index in [9.17, 15) is 14.4 Å². The van der Waals surface area contributed by atoms with Crippen molar-refractivity contribution in [3.63, 3.8) is 0 Å². The lowest BCUT2D eigenvalue weighted by molar-refractivity contribution is -0.150. The van der Waals surface area contributed by atoms with Crippen LogP contribution in [0.1, 0.15) is 17.3 Å². The molecule has 0 aromatic heterocycles. The molecule has 3 rings (SSSR count). The number of rotatable bonds is 6. The molecule has 2 aromatic carbocycles. The van der Waals surface area contributed by atoms with Crippen molar-refractivity contribution in [2.24, 2.45) is 0 Å². The number of fused-ring (bicyclic) bond motifs is 1. The second-order valence-corrected chi connectivity index (χ2v) is 6.30. The Labute approximate surface area is 167 Å². The van der Waals surface area contributed by atoms with Gasteiger partial charge in [0.05, 0.1) is 32.0 Å². The van der Waals surface area contributed by atoms with Crippen LogP contribution in [-0.4, -0.2) is 51.1 Å². The van der Waals surface area contributed by atoms with Gasteiger partial charge in [-0.05, 0) is 30.3 Å². The second kappa shape index (κ2) is 8.64. The Morgan fingerprint density at radius 1 is 1.10 bits per heavy atom. The third kappa shape index (κ3) is 4.31. The van der Waals surface area contributed by atoms with Gasteiger partial charge in [-0.25, -0.2) is 4.79 Å². The molecule has 152 valence electrons. The first-order chi connectivity index (χ1) is 13.9. The average Bonchev–Trinajstić information content (AvgIpc) is 2.75. The third-order valence-electron chi connectivity index (χ3n) is 4.47. The Morgan fingerprint density at radius 3 is 2.55 bits per heavy atom. The SMILES string of the molecule is COc1ccc(OC)c(C(=O)COC(=O)[C@@H]2CN(C(C)=O)c3ccccc3O2)c1. The highest BCUT2D eigenvalue weighted by atomic mass is 16.6. The number of esters is 1. The predicted octanol–water partition coefficient (Wildman–Crippen LogP) is 2.24. The third-order valence-corrected chi connectivity index (χ3v) is 4.47. The van der Waals surface area contributed by atoms with Gasteiger partial charge in [-0.1, -0.05) is 12.1 Å². The van der Waals surface area contributed by atoms with Crippen LogP contribution in [0.5, 0.6) is 17.2 Å². The Balaban J connectivity index is 1.70. The van der Waals surface area contributed by atoms with Crippen molar-refractivity contribution >= 4 is 23.3 Å². The fourth-order valence-electron chi connectivity index (χ4n) is 2.99. The van der Waals surface area contributed by atoms with E-state index < -0.39 is 24.5 Å². The van der Waals surface area contributed by atoms with Gasteiger partial charge in [0.2, 0.25) is 17.8 Å². The standard InChI is InChI=1S/C21H21NO7/c1-13(23)22-11-20(29-19-7-5-4-6-16(19)22)21(25)28-12-17(24)15-10-14(26-2)8-9-18(15)27-3/h4-10,20H,11-12H2,1-3H3/t20-/m0/s1. The van der Waals surface area contributed by atoms with Crippen LogP contribution in [0.2, 0.25) is 0 Å². The Morgan fingerprint density at radius 2 is 1.86 bits per heavy atom. The van der Waals surface area contributed by atoms with Gasteiger partial charge in [-0.3, -0.25) is 9.59 Å². The molecule has 0 saturated carbocycles. The number of ether oxygens (including phenoxy) is 4. The largest absolute Gasteiger partial charge is 0.497 e. The number of hydrogen-bond acceptors (Lipinski definition) is 7. The average molecular weight is 399 g/mol. The minimum absolute atomic E-state index is 0.00184. The maximum Gasteiger partial charge on any atom is 0.349 e. The number of carbonyl (C=O) groups excluding carboxylic acids is 3. The highest BCUT2D eigenvalue weighted by molar-refractivity contribution is 6.01. The first-order valence-electron chi connectivity index (χ1n) is 8.90. The Bertz CT molecular complexity index is 940. The zero-order valence-corrected chi connectivity index (χ0v) is 16.3. The number of methoxy groups -OCH3 is 2. The van der Waals surface area contributed by atoms with E-state index in [4.69, 9.17) is 18.9 Å². The molecule has 0 fully saturated rings. The predicted molar refractivity (Wildman–Crippen MR) is 104 cm³/mol. The number of Topliss-reactive ketones (excluding diaryl/α,β-unsaturated/α-hetero) is 1. The molecule has 1 aliphatic rings. The first-order valence-corrected chi connectivity index (χ1v) is 8.90. The molecule has 0 bridgehead atoms. The Hall–Kier alpha value is -3.55. The van der Waals surface area contributed by atoms with Crippen molar-refractivity contribution in [3.05, 3.63) is 48.0 Å². The van der Waals surface area contributed by atoms with E-state index in [0.29, 0.717) is 22.9 Å².